The molecule has 0 bridgehead atoms. The van der Waals surface area contributed by atoms with Crippen molar-refractivity contribution in [1.29, 1.82) is 0 Å². The minimum atomic E-state index is -0.599. The number of halogens is 2. The molecule has 1 N–H and O–H groups in total. The van der Waals surface area contributed by atoms with E-state index in [2.05, 4.69) is 5.32 Å². The van der Waals surface area contributed by atoms with Crippen molar-refractivity contribution in [2.75, 3.05) is 6.61 Å². The number of nitrogens with one attached hydrogen (secondary N) is 1. The van der Waals surface area contributed by atoms with E-state index < -0.39 is 5.97 Å². The fraction of sp³-hybridized carbons (Fsp3) is 0.429. The Morgan fingerprint density at radius 1 is 1.35 bits per heavy atom. The van der Waals surface area contributed by atoms with E-state index in [9.17, 15) is 9.59 Å². The molecule has 20 heavy (non-hydrogen) atoms. The molecular formula is C14H15Cl2NO3. The number of ether oxygens (including phenoxy) is 1. The summed E-state index contributed by atoms with van der Waals surface area (Å²) in [6.45, 7) is 1.66. The molecule has 4 nitrogen and oxygen atoms in total. The Morgan fingerprint density at radius 2 is 2.05 bits per heavy atom. The van der Waals surface area contributed by atoms with Gasteiger partial charge in [-0.3, -0.25) is 4.79 Å². The van der Waals surface area contributed by atoms with Gasteiger partial charge in [-0.05, 0) is 43.9 Å². The molecular weight excluding hydrogens is 301 g/mol. The third-order valence-electron chi connectivity index (χ3n) is 3.21. The van der Waals surface area contributed by atoms with Crippen LogP contribution in [-0.4, -0.2) is 24.5 Å². The third-order valence-corrected chi connectivity index (χ3v) is 3.95. The van der Waals surface area contributed by atoms with Crippen LogP contribution in [-0.2, 0) is 9.53 Å². The van der Waals surface area contributed by atoms with E-state index in [4.69, 9.17) is 27.9 Å². The first kappa shape index (κ1) is 15.1. The predicted molar refractivity (Wildman–Crippen MR) is 77.1 cm³/mol. The van der Waals surface area contributed by atoms with Crippen molar-refractivity contribution in [2.45, 2.75) is 25.8 Å². The summed E-state index contributed by atoms with van der Waals surface area (Å²) in [6, 6.07) is 4.56. The molecule has 1 fully saturated rings. The normalized spacial score (nSPS) is 15.6. The molecule has 1 saturated carbocycles. The van der Waals surface area contributed by atoms with Gasteiger partial charge in [0.1, 0.15) is 0 Å². The van der Waals surface area contributed by atoms with Gasteiger partial charge in [0.05, 0.1) is 15.6 Å². The maximum Gasteiger partial charge on any atom is 0.338 e. The molecule has 0 heterocycles. The smallest absolute Gasteiger partial charge is 0.338 e. The highest BCUT2D eigenvalue weighted by molar-refractivity contribution is 6.42. The Bertz CT molecular complexity index is 529. The van der Waals surface area contributed by atoms with Gasteiger partial charge in [0.15, 0.2) is 6.61 Å². The lowest BCUT2D eigenvalue weighted by atomic mass is 10.2. The largest absolute Gasteiger partial charge is 0.452 e. The molecule has 1 amide bonds. The van der Waals surface area contributed by atoms with Crippen molar-refractivity contribution in [2.24, 2.45) is 5.92 Å². The molecule has 0 aliphatic heterocycles. The molecule has 0 spiro atoms. The van der Waals surface area contributed by atoms with E-state index >= 15 is 0 Å². The van der Waals surface area contributed by atoms with Crippen LogP contribution in [0, 0.1) is 5.92 Å². The number of benzene rings is 1. The molecule has 0 aromatic heterocycles. The lowest BCUT2D eigenvalue weighted by molar-refractivity contribution is -0.124. The maximum absolute atomic E-state index is 11.7. The van der Waals surface area contributed by atoms with Crippen LogP contribution in [0.15, 0.2) is 18.2 Å². The fourth-order valence-corrected chi connectivity index (χ4v) is 2.15. The molecule has 0 saturated heterocycles. The summed E-state index contributed by atoms with van der Waals surface area (Å²) in [7, 11) is 0. The summed E-state index contributed by atoms with van der Waals surface area (Å²) in [6.07, 6.45) is 2.29. The van der Waals surface area contributed by atoms with Crippen molar-refractivity contribution in [3.05, 3.63) is 33.8 Å². The SMILES string of the molecule is C[C@@H](NC(=O)COC(=O)c1ccc(Cl)c(Cl)c1)C1CC1. The lowest BCUT2D eigenvalue weighted by Crippen LogP contribution is -2.37. The summed E-state index contributed by atoms with van der Waals surface area (Å²) < 4.78 is 4.93. The quantitative estimate of drug-likeness (QED) is 0.850. The van der Waals surface area contributed by atoms with Gasteiger partial charge >= 0.3 is 5.97 Å². The van der Waals surface area contributed by atoms with Gasteiger partial charge in [-0.15, -0.1) is 0 Å². The second-order valence-electron chi connectivity index (χ2n) is 4.90. The number of amides is 1. The zero-order chi connectivity index (χ0) is 14.7. The van der Waals surface area contributed by atoms with Crippen LogP contribution in [0.2, 0.25) is 10.0 Å². The molecule has 1 aromatic rings. The van der Waals surface area contributed by atoms with Crippen LogP contribution < -0.4 is 5.32 Å². The highest BCUT2D eigenvalue weighted by atomic mass is 35.5. The molecule has 1 aliphatic carbocycles. The van der Waals surface area contributed by atoms with Crippen LogP contribution in [0.25, 0.3) is 0 Å². The van der Waals surface area contributed by atoms with Crippen LogP contribution >= 0.6 is 23.2 Å². The molecule has 2 rings (SSSR count). The van der Waals surface area contributed by atoms with Gasteiger partial charge in [0.25, 0.3) is 5.91 Å². The minimum Gasteiger partial charge on any atom is -0.452 e. The first-order valence-corrected chi connectivity index (χ1v) is 7.14. The monoisotopic (exact) mass is 315 g/mol. The highest BCUT2D eigenvalue weighted by Crippen LogP contribution is 2.32. The van der Waals surface area contributed by atoms with Crippen molar-refractivity contribution in [3.8, 4) is 0 Å². The van der Waals surface area contributed by atoms with Gasteiger partial charge in [0, 0.05) is 6.04 Å². The van der Waals surface area contributed by atoms with E-state index in [0.29, 0.717) is 10.9 Å². The Hall–Kier alpha value is -1.26. The second kappa shape index (κ2) is 6.46. The van der Waals surface area contributed by atoms with Crippen molar-refractivity contribution in [1.82, 2.24) is 5.32 Å². The number of carbonyl (C=O) groups is 2. The number of hydrogen-bond acceptors (Lipinski definition) is 3. The van der Waals surface area contributed by atoms with E-state index in [1.165, 1.54) is 18.2 Å². The van der Waals surface area contributed by atoms with Gasteiger partial charge in [-0.2, -0.15) is 0 Å². The Balaban J connectivity index is 1.81. The number of hydrogen-bond donors (Lipinski definition) is 1. The lowest BCUT2D eigenvalue weighted by Gasteiger charge is -2.12. The van der Waals surface area contributed by atoms with Crippen LogP contribution in [0.4, 0.5) is 0 Å². The third kappa shape index (κ3) is 4.12. The maximum atomic E-state index is 11.7. The number of esters is 1. The summed E-state index contributed by atoms with van der Waals surface area (Å²) in [5, 5.41) is 3.44. The van der Waals surface area contributed by atoms with E-state index in [0.717, 1.165) is 12.8 Å². The molecule has 108 valence electrons. The van der Waals surface area contributed by atoms with Gasteiger partial charge < -0.3 is 10.1 Å². The standard InChI is InChI=1S/C14H15Cl2NO3/c1-8(9-2-3-9)17-13(18)7-20-14(19)10-4-5-11(15)12(16)6-10/h4-6,8-9H,2-3,7H2,1H3,(H,17,18)/t8-/m1/s1. The molecule has 1 atom stereocenters. The number of rotatable bonds is 5. The van der Waals surface area contributed by atoms with E-state index in [1.54, 1.807) is 0 Å². The minimum absolute atomic E-state index is 0.131. The average molecular weight is 316 g/mol. The summed E-state index contributed by atoms with van der Waals surface area (Å²) in [5.41, 5.74) is 0.266. The highest BCUT2D eigenvalue weighted by Gasteiger charge is 2.29. The van der Waals surface area contributed by atoms with Crippen molar-refractivity contribution < 1.29 is 14.3 Å². The Kier molecular flexibility index (Phi) is 4.89. The van der Waals surface area contributed by atoms with Crippen LogP contribution in [0.1, 0.15) is 30.1 Å². The summed E-state index contributed by atoms with van der Waals surface area (Å²) in [4.78, 5) is 23.3. The summed E-state index contributed by atoms with van der Waals surface area (Å²) in [5.74, 6) is -0.333. The molecule has 6 heteroatoms. The first-order chi connectivity index (χ1) is 9.47. The van der Waals surface area contributed by atoms with Gasteiger partial charge in [-0.1, -0.05) is 23.2 Å². The predicted octanol–water partition coefficient (Wildman–Crippen LogP) is 3.06. The molecule has 1 aliphatic rings. The molecule has 1 aromatic carbocycles. The summed E-state index contributed by atoms with van der Waals surface area (Å²) >= 11 is 11.6. The zero-order valence-electron chi connectivity index (χ0n) is 11.0. The van der Waals surface area contributed by atoms with E-state index in [1.807, 2.05) is 6.92 Å². The van der Waals surface area contributed by atoms with Gasteiger partial charge in [0.2, 0.25) is 0 Å². The van der Waals surface area contributed by atoms with E-state index in [-0.39, 0.29) is 29.1 Å². The van der Waals surface area contributed by atoms with Crippen molar-refractivity contribution in [3.63, 3.8) is 0 Å². The topological polar surface area (TPSA) is 55.4 Å². The van der Waals surface area contributed by atoms with Crippen LogP contribution in [0.3, 0.4) is 0 Å². The molecule has 0 radical (unpaired) electrons. The fourth-order valence-electron chi connectivity index (χ4n) is 1.85. The molecule has 0 unspecified atom stereocenters. The second-order valence-corrected chi connectivity index (χ2v) is 5.71. The average Bonchev–Trinajstić information content (AvgIpc) is 3.23. The van der Waals surface area contributed by atoms with Crippen LogP contribution in [0.5, 0.6) is 0 Å². The first-order valence-electron chi connectivity index (χ1n) is 6.39. The Morgan fingerprint density at radius 3 is 2.65 bits per heavy atom. The zero-order valence-corrected chi connectivity index (χ0v) is 12.5. The van der Waals surface area contributed by atoms with Crippen molar-refractivity contribution >= 4 is 35.1 Å². The number of carbonyl (C=O) groups excluding carboxylic acids is 2. The van der Waals surface area contributed by atoms with Gasteiger partial charge in [-0.25, -0.2) is 4.79 Å². The Labute approximate surface area is 127 Å².